The predicted molar refractivity (Wildman–Crippen MR) is 89.1 cm³/mol. The molecule has 0 aliphatic carbocycles. The Morgan fingerprint density at radius 2 is 2.00 bits per heavy atom. The van der Waals surface area contributed by atoms with Gasteiger partial charge < -0.3 is 14.6 Å². The van der Waals surface area contributed by atoms with E-state index in [0.29, 0.717) is 0 Å². The average molecular weight is 359 g/mol. The molecule has 0 saturated heterocycles. The number of rotatable bonds is 8. The highest BCUT2D eigenvalue weighted by Gasteiger charge is 2.26. The number of hydrogen-bond donors (Lipinski definition) is 1. The molecule has 136 valence electrons. The Morgan fingerprint density at radius 1 is 1.38 bits per heavy atom. The van der Waals surface area contributed by atoms with E-state index in [0.717, 1.165) is 10.7 Å². The number of hydrogen-bond acceptors (Lipinski definition) is 5. The molecule has 1 aromatic heterocycles. The number of carbonyl (C=O) groups excluding carboxylic acids is 2. The van der Waals surface area contributed by atoms with Crippen LogP contribution in [-0.2, 0) is 26.6 Å². The molecule has 1 rings (SSSR count). The van der Waals surface area contributed by atoms with Gasteiger partial charge in [0, 0.05) is 26.3 Å². The smallest absolute Gasteiger partial charge is 0.354 e. The first kappa shape index (κ1) is 20.2. The molecular formula is C15H25N3O5S. The van der Waals surface area contributed by atoms with Crippen molar-refractivity contribution in [1.29, 1.82) is 0 Å². The second-order valence-electron chi connectivity index (χ2n) is 5.53. The van der Waals surface area contributed by atoms with Crippen molar-refractivity contribution in [3.05, 3.63) is 18.0 Å². The van der Waals surface area contributed by atoms with E-state index >= 15 is 0 Å². The molecule has 1 N–H and O–H groups in total. The van der Waals surface area contributed by atoms with Gasteiger partial charge in [0.25, 0.3) is 0 Å². The molecule has 0 saturated carbocycles. The van der Waals surface area contributed by atoms with Gasteiger partial charge in [-0.2, -0.15) is 4.31 Å². The summed E-state index contributed by atoms with van der Waals surface area (Å²) in [6, 6.07) is 1.22. The van der Waals surface area contributed by atoms with Gasteiger partial charge in [0.15, 0.2) is 0 Å². The molecule has 9 heteroatoms. The molecule has 1 atom stereocenters. The lowest BCUT2D eigenvalue weighted by molar-refractivity contribution is -0.121. The van der Waals surface area contributed by atoms with Crippen LogP contribution in [0.15, 0.2) is 17.2 Å². The van der Waals surface area contributed by atoms with Crippen LogP contribution in [0.3, 0.4) is 0 Å². The zero-order valence-corrected chi connectivity index (χ0v) is 15.5. The van der Waals surface area contributed by atoms with Gasteiger partial charge in [-0.05, 0) is 26.3 Å². The van der Waals surface area contributed by atoms with Gasteiger partial charge >= 0.3 is 5.97 Å². The third-order valence-electron chi connectivity index (χ3n) is 3.56. The van der Waals surface area contributed by atoms with Crippen molar-refractivity contribution in [2.45, 2.75) is 38.1 Å². The lowest BCUT2D eigenvalue weighted by atomic mass is 10.2. The molecular weight excluding hydrogens is 334 g/mol. The molecule has 1 heterocycles. The molecule has 0 aromatic carbocycles. The van der Waals surface area contributed by atoms with E-state index < -0.39 is 16.0 Å². The third-order valence-corrected chi connectivity index (χ3v) is 5.33. The summed E-state index contributed by atoms with van der Waals surface area (Å²) < 4.78 is 32.3. The van der Waals surface area contributed by atoms with Crippen molar-refractivity contribution in [3.8, 4) is 0 Å². The number of sulfonamides is 1. The number of aryl methyl sites for hydroxylation is 1. The SMILES string of the molecule is CCOC(=O)c1cc(S(=O)(=O)N(C)CC(=O)N[C@H](C)CC)cn1C. The van der Waals surface area contributed by atoms with Crippen LogP contribution in [0.5, 0.6) is 0 Å². The van der Waals surface area contributed by atoms with E-state index in [4.69, 9.17) is 4.74 Å². The molecule has 1 aromatic rings. The Bertz CT molecular complexity index is 696. The van der Waals surface area contributed by atoms with E-state index in [2.05, 4.69) is 5.32 Å². The van der Waals surface area contributed by atoms with Gasteiger partial charge in [-0.3, -0.25) is 4.79 Å². The minimum Gasteiger partial charge on any atom is -0.461 e. The summed E-state index contributed by atoms with van der Waals surface area (Å²) in [5.74, 6) is -0.976. The van der Waals surface area contributed by atoms with Crippen LogP contribution in [0.25, 0.3) is 0 Å². The number of nitrogens with zero attached hydrogens (tertiary/aromatic N) is 2. The van der Waals surface area contributed by atoms with Gasteiger partial charge in [-0.15, -0.1) is 0 Å². The maximum atomic E-state index is 12.5. The van der Waals surface area contributed by atoms with E-state index in [1.807, 2.05) is 13.8 Å². The second-order valence-corrected chi connectivity index (χ2v) is 7.58. The fraction of sp³-hybridized carbons (Fsp3) is 0.600. The molecule has 0 fully saturated rings. The van der Waals surface area contributed by atoms with Gasteiger partial charge in [0.1, 0.15) is 10.6 Å². The maximum absolute atomic E-state index is 12.5. The average Bonchev–Trinajstić information content (AvgIpc) is 2.89. The van der Waals surface area contributed by atoms with E-state index in [1.54, 1.807) is 14.0 Å². The van der Waals surface area contributed by atoms with Gasteiger partial charge in [-0.25, -0.2) is 13.2 Å². The standard InChI is InChI=1S/C15H25N3O5S/c1-6-11(3)16-14(19)10-18(5)24(21,22)12-8-13(17(4)9-12)15(20)23-7-2/h8-9,11H,6-7,10H2,1-5H3,(H,16,19)/t11-/m1/s1. The van der Waals surface area contributed by atoms with Crippen LogP contribution < -0.4 is 5.32 Å². The second kappa shape index (κ2) is 8.29. The van der Waals surface area contributed by atoms with Crippen LogP contribution in [0, 0.1) is 0 Å². The minimum absolute atomic E-state index is 0.0271. The first-order valence-corrected chi connectivity index (χ1v) is 9.16. The highest BCUT2D eigenvalue weighted by atomic mass is 32.2. The van der Waals surface area contributed by atoms with Gasteiger partial charge in [0.2, 0.25) is 15.9 Å². The largest absolute Gasteiger partial charge is 0.461 e. The molecule has 0 aliphatic rings. The first-order valence-electron chi connectivity index (χ1n) is 7.72. The third kappa shape index (κ3) is 4.81. The van der Waals surface area contributed by atoms with E-state index in [-0.39, 0.29) is 35.7 Å². The van der Waals surface area contributed by atoms with Crippen molar-refractivity contribution in [3.63, 3.8) is 0 Å². The Hall–Kier alpha value is -1.87. The Kier molecular flexibility index (Phi) is 6.97. The van der Waals surface area contributed by atoms with Crippen molar-refractivity contribution < 1.29 is 22.7 Å². The Labute approximate surface area is 142 Å². The zero-order chi connectivity index (χ0) is 18.5. The summed E-state index contributed by atoms with van der Waals surface area (Å²) in [5.41, 5.74) is 0.132. The summed E-state index contributed by atoms with van der Waals surface area (Å²) in [6.45, 7) is 5.34. The van der Waals surface area contributed by atoms with Crippen LogP contribution in [-0.4, -0.2) is 55.4 Å². The summed E-state index contributed by atoms with van der Waals surface area (Å²) in [6.07, 6.45) is 2.08. The molecule has 0 radical (unpaired) electrons. The highest BCUT2D eigenvalue weighted by Crippen LogP contribution is 2.18. The molecule has 0 bridgehead atoms. The Morgan fingerprint density at radius 3 is 2.54 bits per heavy atom. The van der Waals surface area contributed by atoms with Crippen LogP contribution in [0.2, 0.25) is 0 Å². The van der Waals surface area contributed by atoms with Crippen molar-refractivity contribution in [2.24, 2.45) is 7.05 Å². The van der Waals surface area contributed by atoms with Crippen LogP contribution >= 0.6 is 0 Å². The minimum atomic E-state index is -3.88. The Balaban J connectivity index is 2.93. The van der Waals surface area contributed by atoms with Crippen molar-refractivity contribution in [1.82, 2.24) is 14.2 Å². The highest BCUT2D eigenvalue weighted by molar-refractivity contribution is 7.89. The zero-order valence-electron chi connectivity index (χ0n) is 14.7. The number of carbonyl (C=O) groups is 2. The summed E-state index contributed by atoms with van der Waals surface area (Å²) >= 11 is 0. The summed E-state index contributed by atoms with van der Waals surface area (Å²) in [7, 11) is -1.00. The number of amides is 1. The quantitative estimate of drug-likeness (QED) is 0.690. The predicted octanol–water partition coefficient (Wildman–Crippen LogP) is 0.737. The molecule has 0 unspecified atom stereocenters. The summed E-state index contributed by atoms with van der Waals surface area (Å²) in [5, 5.41) is 2.71. The number of aromatic nitrogens is 1. The molecule has 24 heavy (non-hydrogen) atoms. The summed E-state index contributed by atoms with van der Waals surface area (Å²) in [4.78, 5) is 23.6. The lowest BCUT2D eigenvalue weighted by Crippen LogP contribution is -2.41. The molecule has 0 aliphatic heterocycles. The first-order chi connectivity index (χ1) is 11.1. The number of ether oxygens (including phenoxy) is 1. The van der Waals surface area contributed by atoms with Crippen LogP contribution in [0.4, 0.5) is 0 Å². The number of likely N-dealkylation sites (N-methyl/N-ethyl adjacent to an activating group) is 1. The number of nitrogens with one attached hydrogen (secondary N) is 1. The van der Waals surface area contributed by atoms with Crippen LogP contribution in [0.1, 0.15) is 37.7 Å². The molecule has 8 nitrogen and oxygen atoms in total. The van der Waals surface area contributed by atoms with Gasteiger partial charge in [0.05, 0.1) is 13.2 Å². The van der Waals surface area contributed by atoms with Crippen molar-refractivity contribution >= 4 is 21.9 Å². The van der Waals surface area contributed by atoms with E-state index in [1.165, 1.54) is 23.9 Å². The topological polar surface area (TPSA) is 97.7 Å². The fourth-order valence-electron chi connectivity index (χ4n) is 1.97. The monoisotopic (exact) mass is 359 g/mol. The van der Waals surface area contributed by atoms with Crippen molar-refractivity contribution in [2.75, 3.05) is 20.2 Å². The molecule has 1 amide bonds. The maximum Gasteiger partial charge on any atom is 0.354 e. The van der Waals surface area contributed by atoms with E-state index in [9.17, 15) is 18.0 Å². The lowest BCUT2D eigenvalue weighted by Gasteiger charge is -2.17. The molecule has 0 spiro atoms. The number of esters is 1. The fourth-order valence-corrected chi connectivity index (χ4v) is 3.17. The normalized spacial score (nSPS) is 12.9. The van der Waals surface area contributed by atoms with Gasteiger partial charge in [-0.1, -0.05) is 6.92 Å².